The molecule has 0 rings (SSSR count). The van der Waals surface area contributed by atoms with Gasteiger partial charge in [-0.2, -0.15) is 12.6 Å². The average Bonchev–Trinajstić information content (AvgIpc) is 2.21. The van der Waals surface area contributed by atoms with E-state index in [1.807, 2.05) is 20.8 Å². The van der Waals surface area contributed by atoms with Crippen LogP contribution in [0.3, 0.4) is 0 Å². The van der Waals surface area contributed by atoms with Crippen LogP contribution in [0, 0.1) is 5.92 Å². The number of ketones is 1. The molecule has 0 heterocycles. The van der Waals surface area contributed by atoms with E-state index in [4.69, 9.17) is 0 Å². The zero-order valence-corrected chi connectivity index (χ0v) is 11.6. The first-order chi connectivity index (χ1) is 7.34. The number of hydrogen-bond acceptors (Lipinski definition) is 2. The molecule has 0 aromatic rings. The molecule has 0 aliphatic carbocycles. The van der Waals surface area contributed by atoms with Gasteiger partial charge in [-0.1, -0.05) is 31.6 Å². The van der Waals surface area contributed by atoms with E-state index in [1.54, 1.807) is 0 Å². The molecule has 0 radical (unpaired) electrons. The van der Waals surface area contributed by atoms with Crippen molar-refractivity contribution in [2.75, 3.05) is 0 Å². The van der Waals surface area contributed by atoms with Crippen molar-refractivity contribution in [2.24, 2.45) is 5.92 Å². The van der Waals surface area contributed by atoms with Crippen molar-refractivity contribution in [3.05, 3.63) is 24.3 Å². The Morgan fingerprint density at radius 2 is 1.75 bits per heavy atom. The van der Waals surface area contributed by atoms with Gasteiger partial charge in [-0.3, -0.25) is 4.79 Å². The summed E-state index contributed by atoms with van der Waals surface area (Å²) in [6, 6.07) is 0. The average molecular weight is 240 g/mol. The number of allylic oxidation sites excluding steroid dienone is 2. The first-order valence-electron chi connectivity index (χ1n) is 5.87. The molecule has 0 aliphatic heterocycles. The summed E-state index contributed by atoms with van der Waals surface area (Å²) in [6.45, 7) is 13.7. The Bertz CT molecular complexity index is 266. The molecule has 0 spiro atoms. The molecule has 0 saturated carbocycles. The third-order valence-electron chi connectivity index (χ3n) is 2.57. The summed E-state index contributed by atoms with van der Waals surface area (Å²) in [7, 11) is 0. The highest BCUT2D eigenvalue weighted by molar-refractivity contribution is 7.81. The molecule has 1 nitrogen and oxygen atoms in total. The van der Waals surface area contributed by atoms with Crippen molar-refractivity contribution in [1.29, 1.82) is 0 Å². The number of rotatable bonds is 8. The van der Waals surface area contributed by atoms with E-state index in [0.717, 1.165) is 25.7 Å². The molecule has 0 aromatic carbocycles. The highest BCUT2D eigenvalue weighted by atomic mass is 32.1. The molecular weight excluding hydrogens is 216 g/mol. The number of Topliss-reactive ketones (excluding diaryl/α,β-unsaturated/α-hetero) is 1. The summed E-state index contributed by atoms with van der Waals surface area (Å²) in [5.41, 5.74) is 2.38. The molecule has 0 amide bonds. The summed E-state index contributed by atoms with van der Waals surface area (Å²) in [5, 5.41) is -0.137. The van der Waals surface area contributed by atoms with Gasteiger partial charge >= 0.3 is 0 Å². The predicted molar refractivity (Wildman–Crippen MR) is 75.0 cm³/mol. The lowest BCUT2D eigenvalue weighted by Crippen LogP contribution is -2.20. The topological polar surface area (TPSA) is 17.1 Å². The van der Waals surface area contributed by atoms with Gasteiger partial charge in [-0.05, 0) is 32.6 Å². The van der Waals surface area contributed by atoms with E-state index in [0.29, 0.717) is 0 Å². The second-order valence-electron chi connectivity index (χ2n) is 4.82. The van der Waals surface area contributed by atoms with Crippen molar-refractivity contribution >= 4 is 18.4 Å². The van der Waals surface area contributed by atoms with Crippen molar-refractivity contribution < 1.29 is 4.79 Å². The van der Waals surface area contributed by atoms with Gasteiger partial charge in [0.1, 0.15) is 5.78 Å². The first-order valence-corrected chi connectivity index (χ1v) is 6.39. The van der Waals surface area contributed by atoms with Crippen LogP contribution in [0.4, 0.5) is 0 Å². The third-order valence-corrected chi connectivity index (χ3v) is 3.09. The minimum absolute atomic E-state index is 0.0752. The molecule has 0 N–H and O–H groups in total. The van der Waals surface area contributed by atoms with Crippen LogP contribution in [-0.2, 0) is 4.79 Å². The van der Waals surface area contributed by atoms with Gasteiger partial charge in [0.2, 0.25) is 0 Å². The van der Waals surface area contributed by atoms with E-state index in [-0.39, 0.29) is 17.0 Å². The van der Waals surface area contributed by atoms with Crippen LogP contribution in [0.25, 0.3) is 0 Å². The lowest BCUT2D eigenvalue weighted by Gasteiger charge is -2.13. The lowest BCUT2D eigenvalue weighted by molar-refractivity contribution is -0.121. The quantitative estimate of drug-likeness (QED) is 0.497. The largest absolute Gasteiger partial charge is 0.298 e. The van der Waals surface area contributed by atoms with Crippen LogP contribution < -0.4 is 0 Å². The van der Waals surface area contributed by atoms with Crippen LogP contribution in [0.15, 0.2) is 24.3 Å². The molecule has 0 aromatic heterocycles. The monoisotopic (exact) mass is 240 g/mol. The number of hydrogen-bond donors (Lipinski definition) is 1. The number of carbonyl (C=O) groups is 1. The van der Waals surface area contributed by atoms with Gasteiger partial charge in [0, 0.05) is 5.92 Å². The zero-order valence-electron chi connectivity index (χ0n) is 10.8. The summed E-state index contributed by atoms with van der Waals surface area (Å²) < 4.78 is 0. The lowest BCUT2D eigenvalue weighted by atomic mass is 9.98. The van der Waals surface area contributed by atoms with Gasteiger partial charge in [0.15, 0.2) is 0 Å². The maximum absolute atomic E-state index is 11.6. The van der Waals surface area contributed by atoms with Crippen molar-refractivity contribution in [1.82, 2.24) is 0 Å². The molecule has 92 valence electrons. The smallest absolute Gasteiger partial charge is 0.148 e. The van der Waals surface area contributed by atoms with Crippen LogP contribution in [-0.4, -0.2) is 11.0 Å². The Morgan fingerprint density at radius 3 is 2.19 bits per heavy atom. The Kier molecular flexibility index (Phi) is 7.48. The fourth-order valence-electron chi connectivity index (χ4n) is 1.38. The van der Waals surface area contributed by atoms with E-state index in [1.165, 1.54) is 11.1 Å². The summed E-state index contributed by atoms with van der Waals surface area (Å²) in [6.07, 6.45) is 3.66. The molecule has 16 heavy (non-hydrogen) atoms. The highest BCUT2D eigenvalue weighted by Gasteiger charge is 2.16. The van der Waals surface area contributed by atoms with Crippen molar-refractivity contribution in [3.63, 3.8) is 0 Å². The molecule has 2 heteroatoms. The van der Waals surface area contributed by atoms with E-state index in [2.05, 4.69) is 25.8 Å². The second kappa shape index (κ2) is 7.72. The maximum atomic E-state index is 11.6. The summed E-state index contributed by atoms with van der Waals surface area (Å²) in [4.78, 5) is 11.6. The normalized spacial score (nSPS) is 12.6. The van der Waals surface area contributed by atoms with Gasteiger partial charge in [-0.25, -0.2) is 0 Å². The van der Waals surface area contributed by atoms with Crippen LogP contribution in [0.1, 0.15) is 46.5 Å². The summed E-state index contributed by atoms with van der Waals surface area (Å²) in [5.74, 6) is 0.308. The van der Waals surface area contributed by atoms with Gasteiger partial charge < -0.3 is 0 Å². The molecule has 0 aliphatic rings. The SMILES string of the molecule is C=C(C)CCC(=C)CCC(S)C(=O)C(C)C. The highest BCUT2D eigenvalue weighted by Crippen LogP contribution is 2.18. The minimum Gasteiger partial charge on any atom is -0.298 e. The first kappa shape index (κ1) is 15.5. The Hall–Kier alpha value is -0.500. The predicted octanol–water partition coefficient (Wildman–Crippen LogP) is 4.20. The number of thiol groups is 1. The minimum atomic E-state index is -0.137. The van der Waals surface area contributed by atoms with E-state index < -0.39 is 0 Å². The third kappa shape index (κ3) is 6.89. The van der Waals surface area contributed by atoms with E-state index >= 15 is 0 Å². The van der Waals surface area contributed by atoms with Gasteiger partial charge in [-0.15, -0.1) is 6.58 Å². The van der Waals surface area contributed by atoms with Crippen LogP contribution in [0.2, 0.25) is 0 Å². The molecule has 1 unspecified atom stereocenters. The van der Waals surface area contributed by atoms with E-state index in [9.17, 15) is 4.79 Å². The fourth-order valence-corrected chi connectivity index (χ4v) is 1.81. The standard InChI is InChI=1S/C14H24OS/c1-10(2)6-7-12(5)8-9-13(16)14(15)11(3)4/h11,13,16H,1,5-9H2,2-4H3. The molecule has 0 saturated heterocycles. The Labute approximate surface area is 105 Å². The van der Waals surface area contributed by atoms with Gasteiger partial charge in [0.25, 0.3) is 0 Å². The summed E-state index contributed by atoms with van der Waals surface area (Å²) >= 11 is 4.34. The zero-order chi connectivity index (χ0) is 12.7. The molecule has 0 bridgehead atoms. The molecule has 1 atom stereocenters. The Morgan fingerprint density at radius 1 is 1.19 bits per heavy atom. The van der Waals surface area contributed by atoms with Crippen LogP contribution in [0.5, 0.6) is 0 Å². The van der Waals surface area contributed by atoms with Gasteiger partial charge in [0.05, 0.1) is 5.25 Å². The molecular formula is C14H24OS. The fraction of sp³-hybridized carbons (Fsp3) is 0.643. The van der Waals surface area contributed by atoms with Crippen molar-refractivity contribution in [2.45, 2.75) is 51.7 Å². The second-order valence-corrected chi connectivity index (χ2v) is 5.44. The number of carbonyl (C=O) groups excluding carboxylic acids is 1. The Balaban J connectivity index is 3.83. The maximum Gasteiger partial charge on any atom is 0.148 e. The van der Waals surface area contributed by atoms with Crippen LogP contribution >= 0.6 is 12.6 Å². The molecule has 0 fully saturated rings. The van der Waals surface area contributed by atoms with Crippen molar-refractivity contribution in [3.8, 4) is 0 Å².